The van der Waals surface area contributed by atoms with Crippen LogP contribution in [0.25, 0.3) is 0 Å². The van der Waals surface area contributed by atoms with Crippen molar-refractivity contribution >= 4 is 29.9 Å². The number of hydrogen-bond donors (Lipinski definition) is 2. The number of nitrogens with zero attached hydrogens (tertiary/aromatic N) is 4. The number of aromatic nitrogens is 2. The van der Waals surface area contributed by atoms with Gasteiger partial charge in [-0.2, -0.15) is 0 Å². The Balaban J connectivity index is 0.00000364. The second kappa shape index (κ2) is 12.6. The van der Waals surface area contributed by atoms with Crippen LogP contribution in [0.5, 0.6) is 0 Å². The largest absolute Gasteiger partial charge is 0.357 e. The quantitative estimate of drug-likeness (QED) is 0.241. The van der Waals surface area contributed by atoms with Crippen LogP contribution in [-0.2, 0) is 6.54 Å². The summed E-state index contributed by atoms with van der Waals surface area (Å²) < 4.78 is 2.21. The van der Waals surface area contributed by atoms with Crippen LogP contribution in [0.4, 0.5) is 0 Å². The van der Waals surface area contributed by atoms with Crippen molar-refractivity contribution in [2.45, 2.75) is 71.9 Å². The van der Waals surface area contributed by atoms with E-state index in [0.717, 1.165) is 50.8 Å². The second-order valence-electron chi connectivity index (χ2n) is 7.86. The summed E-state index contributed by atoms with van der Waals surface area (Å²) in [4.78, 5) is 11.7. The molecule has 1 aromatic heterocycles. The van der Waals surface area contributed by atoms with E-state index >= 15 is 0 Å². The number of rotatable bonds is 9. The Morgan fingerprint density at radius 3 is 2.56 bits per heavy atom. The van der Waals surface area contributed by atoms with Gasteiger partial charge in [0.2, 0.25) is 0 Å². The summed E-state index contributed by atoms with van der Waals surface area (Å²) in [5.41, 5.74) is 0.127. The minimum atomic E-state index is 0. The number of likely N-dealkylation sites (tertiary alicyclic amines) is 1. The van der Waals surface area contributed by atoms with Crippen LogP contribution in [0.2, 0.25) is 0 Å². The lowest BCUT2D eigenvalue weighted by molar-refractivity contribution is 0.102. The van der Waals surface area contributed by atoms with Gasteiger partial charge in [-0.3, -0.25) is 9.89 Å². The Morgan fingerprint density at radius 1 is 1.19 bits per heavy atom. The molecule has 1 fully saturated rings. The van der Waals surface area contributed by atoms with Gasteiger partial charge in [-0.05, 0) is 66.5 Å². The molecule has 1 aliphatic heterocycles. The zero-order chi connectivity index (χ0) is 18.8. The van der Waals surface area contributed by atoms with E-state index in [9.17, 15) is 0 Å². The van der Waals surface area contributed by atoms with Crippen molar-refractivity contribution in [1.29, 1.82) is 0 Å². The van der Waals surface area contributed by atoms with Gasteiger partial charge in [0.25, 0.3) is 0 Å². The fraction of sp³-hybridized carbons (Fsp3) is 0.800. The van der Waals surface area contributed by atoms with Crippen LogP contribution < -0.4 is 10.6 Å². The van der Waals surface area contributed by atoms with Gasteiger partial charge in [0.15, 0.2) is 5.96 Å². The van der Waals surface area contributed by atoms with E-state index in [4.69, 9.17) is 4.99 Å². The Hall–Kier alpha value is -0.830. The first kappa shape index (κ1) is 24.2. The normalized spacial score (nSPS) is 16.1. The molecule has 0 radical (unpaired) electrons. The zero-order valence-electron chi connectivity index (χ0n) is 17.6. The van der Waals surface area contributed by atoms with Crippen LogP contribution in [0.1, 0.15) is 58.7 Å². The summed E-state index contributed by atoms with van der Waals surface area (Å²) in [6.45, 7) is 14.9. The molecular weight excluding hydrogens is 451 g/mol. The number of hydrogen-bond acceptors (Lipinski definition) is 3. The number of halogens is 1. The lowest BCUT2D eigenvalue weighted by Crippen LogP contribution is -2.49. The van der Waals surface area contributed by atoms with Crippen LogP contribution >= 0.6 is 24.0 Å². The van der Waals surface area contributed by atoms with Crippen LogP contribution in [0, 0.1) is 6.92 Å². The second-order valence-corrected chi connectivity index (χ2v) is 7.86. The van der Waals surface area contributed by atoms with E-state index in [1.165, 1.54) is 32.4 Å². The van der Waals surface area contributed by atoms with Crippen molar-refractivity contribution in [3.63, 3.8) is 0 Å². The summed E-state index contributed by atoms with van der Waals surface area (Å²) in [6, 6.07) is 0. The molecule has 2 rings (SSSR count). The van der Waals surface area contributed by atoms with Crippen molar-refractivity contribution in [2.75, 3.05) is 32.7 Å². The van der Waals surface area contributed by atoms with Crippen LogP contribution in [0.15, 0.2) is 17.4 Å². The molecule has 0 aliphatic carbocycles. The molecule has 1 saturated heterocycles. The Kier molecular flexibility index (Phi) is 11.3. The van der Waals surface area contributed by atoms with Gasteiger partial charge in [0, 0.05) is 37.6 Å². The maximum absolute atomic E-state index is 4.86. The smallest absolute Gasteiger partial charge is 0.191 e. The summed E-state index contributed by atoms with van der Waals surface area (Å²) >= 11 is 0. The molecule has 156 valence electrons. The van der Waals surface area contributed by atoms with E-state index in [0.29, 0.717) is 0 Å². The molecule has 0 amide bonds. The molecule has 1 aliphatic rings. The van der Waals surface area contributed by atoms with E-state index in [-0.39, 0.29) is 29.5 Å². The molecule has 0 saturated carbocycles. The standard InChI is InChI=1S/C20H38N6.HI/c1-5-21-19(23-11-7-10-13-25-16-12-22-18(25)2)24-17-20(3,4)26-14-8-6-9-15-26;/h12,16H,5-11,13-15,17H2,1-4H3,(H2,21,23,24);1H. The summed E-state index contributed by atoms with van der Waals surface area (Å²) in [6.07, 6.45) is 10.2. The Morgan fingerprint density at radius 2 is 1.93 bits per heavy atom. The summed E-state index contributed by atoms with van der Waals surface area (Å²) in [7, 11) is 0. The topological polar surface area (TPSA) is 57.5 Å². The third kappa shape index (κ3) is 8.37. The fourth-order valence-corrected chi connectivity index (χ4v) is 3.47. The number of aliphatic imine (C=N–C) groups is 1. The highest BCUT2D eigenvalue weighted by atomic mass is 127. The number of nitrogens with one attached hydrogen (secondary N) is 2. The molecule has 7 heteroatoms. The van der Waals surface area contributed by atoms with Crippen molar-refractivity contribution in [1.82, 2.24) is 25.1 Å². The molecule has 2 heterocycles. The van der Waals surface area contributed by atoms with Crippen molar-refractivity contribution < 1.29 is 0 Å². The van der Waals surface area contributed by atoms with Gasteiger partial charge < -0.3 is 15.2 Å². The molecule has 2 N–H and O–H groups in total. The highest BCUT2D eigenvalue weighted by Gasteiger charge is 2.27. The van der Waals surface area contributed by atoms with E-state index in [2.05, 4.69) is 59.0 Å². The lowest BCUT2D eigenvalue weighted by atomic mass is 9.99. The van der Waals surface area contributed by atoms with Gasteiger partial charge in [-0.1, -0.05) is 6.42 Å². The Bertz CT molecular complexity index is 548. The van der Waals surface area contributed by atoms with Gasteiger partial charge in [0.05, 0.1) is 6.54 Å². The highest BCUT2D eigenvalue weighted by molar-refractivity contribution is 14.0. The third-order valence-electron chi connectivity index (χ3n) is 5.22. The maximum atomic E-state index is 4.86. The van der Waals surface area contributed by atoms with Crippen LogP contribution in [0.3, 0.4) is 0 Å². The van der Waals surface area contributed by atoms with E-state index in [1.54, 1.807) is 0 Å². The van der Waals surface area contributed by atoms with Gasteiger partial charge in [-0.15, -0.1) is 24.0 Å². The van der Waals surface area contributed by atoms with E-state index < -0.39 is 0 Å². The minimum Gasteiger partial charge on any atom is -0.357 e. The molecule has 0 atom stereocenters. The first-order chi connectivity index (χ1) is 12.5. The first-order valence-corrected chi connectivity index (χ1v) is 10.3. The predicted molar refractivity (Wildman–Crippen MR) is 125 cm³/mol. The SMILES string of the molecule is CCNC(=NCC(C)(C)N1CCCCC1)NCCCCn1ccnc1C.I. The average Bonchev–Trinajstić information content (AvgIpc) is 3.05. The fourth-order valence-electron chi connectivity index (χ4n) is 3.47. The minimum absolute atomic E-state index is 0. The van der Waals surface area contributed by atoms with E-state index in [1.807, 2.05) is 6.20 Å². The molecule has 6 nitrogen and oxygen atoms in total. The summed E-state index contributed by atoms with van der Waals surface area (Å²) in [5, 5.41) is 6.86. The number of unbranched alkanes of at least 4 members (excludes halogenated alkanes) is 1. The monoisotopic (exact) mass is 490 g/mol. The Labute approximate surface area is 182 Å². The van der Waals surface area contributed by atoms with Crippen LogP contribution in [-0.4, -0.2) is 58.7 Å². The van der Waals surface area contributed by atoms with Crippen molar-refractivity contribution in [2.24, 2.45) is 4.99 Å². The van der Waals surface area contributed by atoms with Gasteiger partial charge in [-0.25, -0.2) is 4.98 Å². The first-order valence-electron chi connectivity index (χ1n) is 10.3. The third-order valence-corrected chi connectivity index (χ3v) is 5.22. The average molecular weight is 490 g/mol. The molecule has 27 heavy (non-hydrogen) atoms. The maximum Gasteiger partial charge on any atom is 0.191 e. The predicted octanol–water partition coefficient (Wildman–Crippen LogP) is 3.41. The summed E-state index contributed by atoms with van der Waals surface area (Å²) in [5.74, 6) is 2.03. The van der Waals surface area contributed by atoms with Crippen molar-refractivity contribution in [3.8, 4) is 0 Å². The zero-order valence-corrected chi connectivity index (χ0v) is 20.0. The van der Waals surface area contributed by atoms with Gasteiger partial charge in [0.1, 0.15) is 5.82 Å². The number of aryl methyl sites for hydroxylation is 2. The number of guanidine groups is 1. The van der Waals surface area contributed by atoms with Crippen molar-refractivity contribution in [3.05, 3.63) is 18.2 Å². The molecule has 0 unspecified atom stereocenters. The highest BCUT2D eigenvalue weighted by Crippen LogP contribution is 2.20. The molecule has 0 aromatic carbocycles. The molecule has 0 spiro atoms. The number of piperidine rings is 1. The molecular formula is C20H39IN6. The lowest BCUT2D eigenvalue weighted by Gasteiger charge is -2.40. The number of imidazole rings is 1. The molecule has 0 bridgehead atoms. The van der Waals surface area contributed by atoms with Gasteiger partial charge >= 0.3 is 0 Å². The molecule has 1 aromatic rings.